The van der Waals surface area contributed by atoms with Crippen LogP contribution in [0.5, 0.6) is 0 Å². The summed E-state index contributed by atoms with van der Waals surface area (Å²) < 4.78 is 0. The minimum atomic E-state index is 0.136. The maximum absolute atomic E-state index is 6.00. The molecule has 1 unspecified atom stereocenters. The molecule has 0 bridgehead atoms. The van der Waals surface area contributed by atoms with E-state index < -0.39 is 0 Å². The van der Waals surface area contributed by atoms with Gasteiger partial charge in [0, 0.05) is 12.2 Å². The summed E-state index contributed by atoms with van der Waals surface area (Å²) in [5.74, 6) is 0.852. The Hall–Kier alpha value is -0.600. The van der Waals surface area contributed by atoms with Crippen LogP contribution in [-0.2, 0) is 0 Å². The summed E-state index contributed by atoms with van der Waals surface area (Å²) in [5.41, 5.74) is 7.10. The van der Waals surface area contributed by atoms with Crippen molar-refractivity contribution in [2.75, 3.05) is 0 Å². The number of hydrogen-bond donors (Lipinski definition) is 1. The lowest BCUT2D eigenvalue weighted by molar-refractivity contribution is 0.595. The molecule has 0 amide bonds. The van der Waals surface area contributed by atoms with Crippen LogP contribution in [0, 0.1) is 5.92 Å². The Labute approximate surface area is 83.1 Å². The van der Waals surface area contributed by atoms with Gasteiger partial charge < -0.3 is 5.73 Å². The van der Waals surface area contributed by atoms with Gasteiger partial charge in [-0.2, -0.15) is 0 Å². The third kappa shape index (κ3) is 2.42. The zero-order valence-corrected chi connectivity index (χ0v) is 8.17. The quantitative estimate of drug-likeness (QED) is 0.755. The van der Waals surface area contributed by atoms with E-state index in [1.807, 2.05) is 6.07 Å². The van der Waals surface area contributed by atoms with Crippen LogP contribution in [-0.4, -0.2) is 4.98 Å². The number of halogens is 1. The van der Waals surface area contributed by atoms with E-state index >= 15 is 0 Å². The minimum absolute atomic E-state index is 0.136. The van der Waals surface area contributed by atoms with Gasteiger partial charge in [-0.1, -0.05) is 30.5 Å². The largest absolute Gasteiger partial charge is 0.324 e. The van der Waals surface area contributed by atoms with Crippen LogP contribution < -0.4 is 5.73 Å². The van der Waals surface area contributed by atoms with E-state index in [0.29, 0.717) is 5.15 Å². The van der Waals surface area contributed by atoms with Crippen molar-refractivity contribution < 1.29 is 0 Å². The predicted molar refractivity (Wildman–Crippen MR) is 53.5 cm³/mol. The van der Waals surface area contributed by atoms with E-state index in [1.54, 1.807) is 12.3 Å². The smallest absolute Gasteiger partial charge is 0.129 e. The second kappa shape index (κ2) is 3.64. The van der Waals surface area contributed by atoms with Crippen molar-refractivity contribution in [2.45, 2.75) is 25.3 Å². The third-order valence-corrected chi connectivity index (χ3v) is 2.69. The standard InChI is InChI=1S/C10H13ClN2/c11-10-4-3-8(6-13-10)9(12)5-7-1-2-7/h3-4,6-7,9H,1-2,5,12H2. The van der Waals surface area contributed by atoms with E-state index in [4.69, 9.17) is 17.3 Å². The van der Waals surface area contributed by atoms with Gasteiger partial charge >= 0.3 is 0 Å². The molecule has 2 N–H and O–H groups in total. The molecule has 1 heterocycles. The third-order valence-electron chi connectivity index (χ3n) is 2.46. The van der Waals surface area contributed by atoms with Crippen LogP contribution in [0.2, 0.25) is 5.15 Å². The molecule has 1 aromatic heterocycles. The van der Waals surface area contributed by atoms with Crippen LogP contribution in [0.3, 0.4) is 0 Å². The van der Waals surface area contributed by atoms with E-state index in [2.05, 4.69) is 4.98 Å². The summed E-state index contributed by atoms with van der Waals surface area (Å²) in [4.78, 5) is 4.01. The highest BCUT2D eigenvalue weighted by Gasteiger charge is 2.24. The molecule has 1 atom stereocenters. The number of nitrogens with two attached hydrogens (primary N) is 1. The van der Waals surface area contributed by atoms with Crippen molar-refractivity contribution in [2.24, 2.45) is 11.7 Å². The summed E-state index contributed by atoms with van der Waals surface area (Å²) >= 11 is 5.68. The highest BCUT2D eigenvalue weighted by atomic mass is 35.5. The molecule has 0 spiro atoms. The maximum atomic E-state index is 6.00. The van der Waals surface area contributed by atoms with Crippen molar-refractivity contribution in [3.63, 3.8) is 0 Å². The average molecular weight is 197 g/mol. The van der Waals surface area contributed by atoms with Gasteiger partial charge in [-0.05, 0) is 24.0 Å². The van der Waals surface area contributed by atoms with Gasteiger partial charge in [-0.15, -0.1) is 0 Å². The highest BCUT2D eigenvalue weighted by molar-refractivity contribution is 6.29. The average Bonchev–Trinajstić information content (AvgIpc) is 2.89. The first-order valence-electron chi connectivity index (χ1n) is 4.63. The van der Waals surface area contributed by atoms with Gasteiger partial charge in [0.05, 0.1) is 0 Å². The Morgan fingerprint density at radius 2 is 2.31 bits per heavy atom. The van der Waals surface area contributed by atoms with E-state index in [-0.39, 0.29) is 6.04 Å². The van der Waals surface area contributed by atoms with Crippen molar-refractivity contribution in [1.29, 1.82) is 0 Å². The van der Waals surface area contributed by atoms with Crippen LogP contribution in [0.15, 0.2) is 18.3 Å². The zero-order valence-electron chi connectivity index (χ0n) is 7.41. The molecule has 3 heteroatoms. The topological polar surface area (TPSA) is 38.9 Å². The summed E-state index contributed by atoms with van der Waals surface area (Å²) in [6.45, 7) is 0. The molecule has 70 valence electrons. The van der Waals surface area contributed by atoms with E-state index in [9.17, 15) is 0 Å². The summed E-state index contributed by atoms with van der Waals surface area (Å²) in [5, 5.41) is 0.530. The van der Waals surface area contributed by atoms with Gasteiger partial charge in [-0.3, -0.25) is 0 Å². The normalized spacial score (nSPS) is 18.6. The number of pyridine rings is 1. The molecule has 0 aliphatic heterocycles. The first-order valence-corrected chi connectivity index (χ1v) is 5.00. The fourth-order valence-corrected chi connectivity index (χ4v) is 1.57. The molecular weight excluding hydrogens is 184 g/mol. The Kier molecular flexibility index (Phi) is 2.51. The summed E-state index contributed by atoms with van der Waals surface area (Å²) in [7, 11) is 0. The Morgan fingerprint density at radius 3 is 2.85 bits per heavy atom. The zero-order chi connectivity index (χ0) is 9.26. The molecule has 1 fully saturated rings. The number of aromatic nitrogens is 1. The molecule has 2 nitrogen and oxygen atoms in total. The van der Waals surface area contributed by atoms with Crippen LogP contribution in [0.25, 0.3) is 0 Å². The van der Waals surface area contributed by atoms with Gasteiger partial charge in [0.15, 0.2) is 0 Å². The number of hydrogen-bond acceptors (Lipinski definition) is 2. The Bertz CT molecular complexity index is 279. The second-order valence-corrected chi connectivity index (χ2v) is 4.09. The van der Waals surface area contributed by atoms with Crippen molar-refractivity contribution in [3.05, 3.63) is 29.0 Å². The Balaban J connectivity index is 2.01. The molecule has 1 saturated carbocycles. The molecule has 2 rings (SSSR count). The van der Waals surface area contributed by atoms with Crippen LogP contribution >= 0.6 is 11.6 Å². The fraction of sp³-hybridized carbons (Fsp3) is 0.500. The lowest BCUT2D eigenvalue weighted by Crippen LogP contribution is -2.11. The van der Waals surface area contributed by atoms with Gasteiger partial charge in [0.2, 0.25) is 0 Å². The molecule has 0 saturated heterocycles. The molecule has 1 aromatic rings. The number of rotatable bonds is 3. The SMILES string of the molecule is NC(CC1CC1)c1ccc(Cl)nc1. The van der Waals surface area contributed by atoms with Gasteiger partial charge in [-0.25, -0.2) is 4.98 Å². The van der Waals surface area contributed by atoms with E-state index in [1.165, 1.54) is 12.8 Å². The monoisotopic (exact) mass is 196 g/mol. The fourth-order valence-electron chi connectivity index (χ4n) is 1.46. The van der Waals surface area contributed by atoms with Crippen molar-refractivity contribution in [3.8, 4) is 0 Å². The van der Waals surface area contributed by atoms with Gasteiger partial charge in [0.1, 0.15) is 5.15 Å². The van der Waals surface area contributed by atoms with Crippen LogP contribution in [0.1, 0.15) is 30.9 Å². The second-order valence-electron chi connectivity index (χ2n) is 3.70. The van der Waals surface area contributed by atoms with Crippen molar-refractivity contribution >= 4 is 11.6 Å². The summed E-state index contributed by atoms with van der Waals surface area (Å²) in [6.07, 6.45) is 5.54. The summed E-state index contributed by atoms with van der Waals surface area (Å²) in [6, 6.07) is 3.89. The molecule has 0 radical (unpaired) electrons. The molecule has 1 aliphatic rings. The van der Waals surface area contributed by atoms with Crippen LogP contribution in [0.4, 0.5) is 0 Å². The predicted octanol–water partition coefficient (Wildman–Crippen LogP) is 2.53. The molecular formula is C10H13ClN2. The molecule has 1 aliphatic carbocycles. The van der Waals surface area contributed by atoms with Crippen molar-refractivity contribution in [1.82, 2.24) is 4.98 Å². The lowest BCUT2D eigenvalue weighted by atomic mass is 10.0. The first kappa shape index (κ1) is 8.97. The Morgan fingerprint density at radius 1 is 1.54 bits per heavy atom. The maximum Gasteiger partial charge on any atom is 0.129 e. The first-order chi connectivity index (χ1) is 6.25. The van der Waals surface area contributed by atoms with Gasteiger partial charge in [0.25, 0.3) is 0 Å². The number of nitrogens with zero attached hydrogens (tertiary/aromatic N) is 1. The minimum Gasteiger partial charge on any atom is -0.324 e. The lowest BCUT2D eigenvalue weighted by Gasteiger charge is -2.10. The molecule has 0 aromatic carbocycles. The van der Waals surface area contributed by atoms with E-state index in [0.717, 1.165) is 17.9 Å². The molecule has 13 heavy (non-hydrogen) atoms. The highest BCUT2D eigenvalue weighted by Crippen LogP contribution is 2.36.